The highest BCUT2D eigenvalue weighted by molar-refractivity contribution is 5.43. The van der Waals surface area contributed by atoms with Crippen molar-refractivity contribution in [1.82, 2.24) is 5.32 Å². The Hall–Kier alpha value is -1.08. The van der Waals surface area contributed by atoms with Crippen LogP contribution in [0.4, 0.5) is 0 Å². The van der Waals surface area contributed by atoms with Gasteiger partial charge in [-0.05, 0) is 11.1 Å². The van der Waals surface area contributed by atoms with E-state index in [2.05, 4.69) is 41.7 Å². The fourth-order valence-corrected chi connectivity index (χ4v) is 2.41. The quantitative estimate of drug-likeness (QED) is 0.589. The molecule has 0 fully saturated rings. The minimum Gasteiger partial charge on any atom is -0.315 e. The summed E-state index contributed by atoms with van der Waals surface area (Å²) in [4.78, 5) is 0. The molecule has 2 unspecified atom stereocenters. The fourth-order valence-electron chi connectivity index (χ4n) is 2.41. The minimum absolute atomic E-state index is 0.606. The van der Waals surface area contributed by atoms with E-state index < -0.39 is 0 Å². The lowest BCUT2D eigenvalue weighted by Gasteiger charge is -2.20. The molecule has 0 saturated carbocycles. The van der Waals surface area contributed by atoms with E-state index in [-0.39, 0.29) is 0 Å². The average Bonchev–Trinajstić information content (AvgIpc) is 2.52. The summed E-state index contributed by atoms with van der Waals surface area (Å²) in [6.07, 6.45) is 4.71. The Morgan fingerprint density at radius 3 is 2.00 bits per heavy atom. The third-order valence-corrected chi connectivity index (χ3v) is 3.10. The Morgan fingerprint density at radius 1 is 0.923 bits per heavy atom. The summed E-state index contributed by atoms with van der Waals surface area (Å²) in [5.41, 5.74) is 3.06. The monoisotopic (exact) mass is 171 g/mol. The van der Waals surface area contributed by atoms with Crippen LogP contribution in [-0.4, -0.2) is 13.1 Å². The van der Waals surface area contributed by atoms with Crippen LogP contribution in [0.15, 0.2) is 36.4 Å². The second kappa shape index (κ2) is 2.71. The van der Waals surface area contributed by atoms with Crippen molar-refractivity contribution in [2.75, 3.05) is 13.1 Å². The molecule has 13 heavy (non-hydrogen) atoms. The summed E-state index contributed by atoms with van der Waals surface area (Å²) in [5.74, 6) is 1.21. The Bertz CT molecular complexity index is 321. The number of hydrogen-bond acceptors (Lipinski definition) is 1. The van der Waals surface area contributed by atoms with Crippen LogP contribution in [0.5, 0.6) is 0 Å². The molecule has 2 atom stereocenters. The highest BCUT2D eigenvalue weighted by Gasteiger charge is 2.25. The van der Waals surface area contributed by atoms with Crippen LogP contribution in [0, 0.1) is 0 Å². The zero-order valence-corrected chi connectivity index (χ0v) is 7.53. The predicted octanol–water partition coefficient (Wildman–Crippen LogP) is 2.03. The molecule has 1 nitrogen and oxygen atoms in total. The van der Waals surface area contributed by atoms with Gasteiger partial charge in [0.1, 0.15) is 0 Å². The average molecular weight is 171 g/mol. The van der Waals surface area contributed by atoms with Gasteiger partial charge in [0.2, 0.25) is 0 Å². The van der Waals surface area contributed by atoms with Gasteiger partial charge in [-0.25, -0.2) is 0 Å². The van der Waals surface area contributed by atoms with Gasteiger partial charge < -0.3 is 5.32 Å². The third-order valence-electron chi connectivity index (χ3n) is 3.10. The van der Waals surface area contributed by atoms with Crippen LogP contribution >= 0.6 is 0 Å². The number of nitrogens with one attached hydrogen (secondary N) is 1. The first-order valence-electron chi connectivity index (χ1n) is 4.93. The van der Waals surface area contributed by atoms with Crippen molar-refractivity contribution >= 4 is 0 Å². The molecule has 2 heterocycles. The van der Waals surface area contributed by atoms with Gasteiger partial charge in [0.05, 0.1) is 0 Å². The zero-order chi connectivity index (χ0) is 8.67. The molecule has 0 aromatic heterocycles. The molecular weight excluding hydrogens is 158 g/mol. The van der Waals surface area contributed by atoms with Gasteiger partial charge in [0.15, 0.2) is 0 Å². The first kappa shape index (κ1) is 7.34. The standard InChI is InChI=1S/C12H13N/c1-2-4-12-10-6-5-9(7-13-8-10)11(12)3-1/h1-6,9-10,13H,7-8H2. The van der Waals surface area contributed by atoms with Gasteiger partial charge in [-0.1, -0.05) is 36.4 Å². The van der Waals surface area contributed by atoms with Gasteiger partial charge in [-0.15, -0.1) is 0 Å². The molecule has 0 spiro atoms. The summed E-state index contributed by atoms with van der Waals surface area (Å²) in [6.45, 7) is 2.20. The molecule has 0 radical (unpaired) electrons. The lowest BCUT2D eigenvalue weighted by atomic mass is 9.84. The molecule has 1 aliphatic carbocycles. The van der Waals surface area contributed by atoms with E-state index in [1.165, 1.54) is 11.1 Å². The molecule has 1 aromatic carbocycles. The van der Waals surface area contributed by atoms with E-state index in [0.29, 0.717) is 11.8 Å². The maximum atomic E-state index is 3.49. The van der Waals surface area contributed by atoms with Crippen LogP contribution in [-0.2, 0) is 0 Å². The normalized spacial score (nSPS) is 29.8. The van der Waals surface area contributed by atoms with Gasteiger partial charge in [0.25, 0.3) is 0 Å². The van der Waals surface area contributed by atoms with Crippen LogP contribution in [0.25, 0.3) is 0 Å². The molecular formula is C12H13N. The Labute approximate surface area is 78.5 Å². The van der Waals surface area contributed by atoms with Crippen molar-refractivity contribution in [1.29, 1.82) is 0 Å². The molecule has 0 amide bonds. The van der Waals surface area contributed by atoms with Crippen LogP contribution in [0.3, 0.4) is 0 Å². The van der Waals surface area contributed by atoms with Crippen LogP contribution < -0.4 is 5.32 Å². The molecule has 4 rings (SSSR count). The van der Waals surface area contributed by atoms with Crippen molar-refractivity contribution < 1.29 is 0 Å². The zero-order valence-electron chi connectivity index (χ0n) is 7.53. The summed E-state index contributed by atoms with van der Waals surface area (Å²) < 4.78 is 0. The van der Waals surface area contributed by atoms with Gasteiger partial charge in [-0.3, -0.25) is 0 Å². The van der Waals surface area contributed by atoms with Crippen molar-refractivity contribution in [3.63, 3.8) is 0 Å². The first-order valence-corrected chi connectivity index (χ1v) is 4.93. The highest BCUT2D eigenvalue weighted by atomic mass is 14.9. The largest absolute Gasteiger partial charge is 0.315 e. The number of fused-ring (bicyclic) bond motifs is 2. The number of rotatable bonds is 0. The minimum atomic E-state index is 0.606. The smallest absolute Gasteiger partial charge is 0.0146 e. The second-order valence-electron chi connectivity index (χ2n) is 3.89. The number of hydrogen-bond donors (Lipinski definition) is 1. The lowest BCUT2D eigenvalue weighted by Crippen LogP contribution is -2.18. The van der Waals surface area contributed by atoms with E-state index in [4.69, 9.17) is 0 Å². The van der Waals surface area contributed by atoms with Crippen molar-refractivity contribution in [2.24, 2.45) is 0 Å². The van der Waals surface area contributed by atoms with E-state index in [0.717, 1.165) is 13.1 Å². The predicted molar refractivity (Wildman–Crippen MR) is 53.9 cm³/mol. The topological polar surface area (TPSA) is 12.0 Å². The molecule has 66 valence electrons. The molecule has 0 saturated heterocycles. The Morgan fingerprint density at radius 2 is 1.46 bits per heavy atom. The van der Waals surface area contributed by atoms with E-state index in [9.17, 15) is 0 Å². The SMILES string of the molecule is C1=CC2CNCC1c1ccccc12. The van der Waals surface area contributed by atoms with Gasteiger partial charge >= 0.3 is 0 Å². The second-order valence-corrected chi connectivity index (χ2v) is 3.89. The van der Waals surface area contributed by atoms with Gasteiger partial charge in [-0.2, -0.15) is 0 Å². The van der Waals surface area contributed by atoms with Crippen molar-refractivity contribution in [3.8, 4) is 0 Å². The summed E-state index contributed by atoms with van der Waals surface area (Å²) in [6, 6.07) is 8.83. The molecule has 2 bridgehead atoms. The van der Waals surface area contributed by atoms with E-state index in [1.54, 1.807) is 0 Å². The third kappa shape index (κ3) is 1.04. The molecule has 3 aliphatic rings. The summed E-state index contributed by atoms with van der Waals surface area (Å²) in [7, 11) is 0. The maximum absolute atomic E-state index is 3.49. The molecule has 1 aromatic rings. The highest BCUT2D eigenvalue weighted by Crippen LogP contribution is 2.35. The Balaban J connectivity index is 2.20. The van der Waals surface area contributed by atoms with Crippen LogP contribution in [0.2, 0.25) is 0 Å². The van der Waals surface area contributed by atoms with Crippen molar-refractivity contribution in [3.05, 3.63) is 47.5 Å². The van der Waals surface area contributed by atoms with E-state index in [1.807, 2.05) is 0 Å². The summed E-state index contributed by atoms with van der Waals surface area (Å²) >= 11 is 0. The molecule has 1 N–H and O–H groups in total. The van der Waals surface area contributed by atoms with Crippen molar-refractivity contribution in [2.45, 2.75) is 11.8 Å². The lowest BCUT2D eigenvalue weighted by molar-refractivity contribution is 0.672. The maximum Gasteiger partial charge on any atom is 0.0146 e. The molecule has 2 aliphatic heterocycles. The first-order chi connectivity index (χ1) is 6.45. The summed E-state index contributed by atoms with van der Waals surface area (Å²) in [5, 5.41) is 3.49. The van der Waals surface area contributed by atoms with Crippen LogP contribution in [0.1, 0.15) is 23.0 Å². The van der Waals surface area contributed by atoms with Gasteiger partial charge in [0, 0.05) is 24.9 Å². The molecule has 1 heteroatoms. The fraction of sp³-hybridized carbons (Fsp3) is 0.333. The Kier molecular flexibility index (Phi) is 1.53. The van der Waals surface area contributed by atoms with E-state index >= 15 is 0 Å². The number of benzene rings is 1.